The second-order valence-electron chi connectivity index (χ2n) is 4.48. The first-order valence-corrected chi connectivity index (χ1v) is 6.68. The van der Waals surface area contributed by atoms with E-state index in [1.807, 2.05) is 0 Å². The summed E-state index contributed by atoms with van der Waals surface area (Å²) in [6.07, 6.45) is 0. The summed E-state index contributed by atoms with van der Waals surface area (Å²) in [4.78, 5) is 23.7. The number of anilines is 2. The molecule has 2 amide bonds. The summed E-state index contributed by atoms with van der Waals surface area (Å²) in [6.45, 7) is -0.127. The van der Waals surface area contributed by atoms with Gasteiger partial charge < -0.3 is 21.1 Å². The molecule has 2 aromatic rings. The summed E-state index contributed by atoms with van der Waals surface area (Å²) < 4.78 is 5.10. The molecule has 0 saturated carbocycles. The number of para-hydroxylation sites is 2. The van der Waals surface area contributed by atoms with Crippen LogP contribution in [0.4, 0.5) is 11.4 Å². The molecule has 0 unspecified atom stereocenters. The first-order chi connectivity index (χ1) is 10.6. The predicted molar refractivity (Wildman–Crippen MR) is 85.1 cm³/mol. The van der Waals surface area contributed by atoms with Crippen molar-refractivity contribution in [3.63, 3.8) is 0 Å². The molecular weight excluding hydrogens is 282 g/mol. The molecule has 2 rings (SSSR count). The predicted octanol–water partition coefficient (Wildman–Crippen LogP) is 1.84. The first-order valence-electron chi connectivity index (χ1n) is 6.68. The van der Waals surface area contributed by atoms with Crippen LogP contribution in [0, 0.1) is 0 Å². The standard InChI is InChI=1S/C16H17N3O3/c1-22-12-6-4-5-11(9-12)16(21)19-14-8-3-2-7-13(14)18-15(20)10-17/h2-9H,10,17H2,1H3,(H,18,20)(H,19,21). The number of hydrogen-bond acceptors (Lipinski definition) is 4. The van der Waals surface area contributed by atoms with E-state index in [0.717, 1.165) is 0 Å². The molecule has 0 aliphatic heterocycles. The van der Waals surface area contributed by atoms with Gasteiger partial charge in [0.1, 0.15) is 5.75 Å². The van der Waals surface area contributed by atoms with Crippen LogP contribution < -0.4 is 21.1 Å². The lowest BCUT2D eigenvalue weighted by molar-refractivity contribution is -0.114. The van der Waals surface area contributed by atoms with Gasteiger partial charge in [0, 0.05) is 5.56 Å². The summed E-state index contributed by atoms with van der Waals surface area (Å²) in [7, 11) is 1.54. The quantitative estimate of drug-likeness (QED) is 0.785. The highest BCUT2D eigenvalue weighted by molar-refractivity contribution is 6.07. The van der Waals surface area contributed by atoms with E-state index >= 15 is 0 Å². The van der Waals surface area contributed by atoms with Gasteiger partial charge in [0.15, 0.2) is 0 Å². The summed E-state index contributed by atoms with van der Waals surface area (Å²) in [5.41, 5.74) is 6.73. The lowest BCUT2D eigenvalue weighted by Crippen LogP contribution is -2.23. The fourth-order valence-electron chi connectivity index (χ4n) is 1.86. The largest absolute Gasteiger partial charge is 0.497 e. The molecule has 2 aromatic carbocycles. The van der Waals surface area contributed by atoms with E-state index in [2.05, 4.69) is 10.6 Å². The highest BCUT2D eigenvalue weighted by atomic mass is 16.5. The van der Waals surface area contributed by atoms with Crippen LogP contribution in [0.3, 0.4) is 0 Å². The number of ether oxygens (including phenoxy) is 1. The third kappa shape index (κ3) is 3.83. The molecule has 0 aliphatic rings. The van der Waals surface area contributed by atoms with Crippen LogP contribution in [-0.4, -0.2) is 25.5 Å². The van der Waals surface area contributed by atoms with Crippen molar-refractivity contribution in [2.45, 2.75) is 0 Å². The molecule has 0 bridgehead atoms. The van der Waals surface area contributed by atoms with Gasteiger partial charge in [-0.3, -0.25) is 9.59 Å². The Morgan fingerprint density at radius 1 is 1.05 bits per heavy atom. The van der Waals surface area contributed by atoms with Crippen molar-refractivity contribution in [3.8, 4) is 5.75 Å². The van der Waals surface area contributed by atoms with Crippen LogP contribution in [-0.2, 0) is 4.79 Å². The van der Waals surface area contributed by atoms with Gasteiger partial charge in [-0.15, -0.1) is 0 Å². The van der Waals surface area contributed by atoms with Crippen molar-refractivity contribution in [1.29, 1.82) is 0 Å². The van der Waals surface area contributed by atoms with Crippen LogP contribution in [0.25, 0.3) is 0 Å². The van der Waals surface area contributed by atoms with E-state index in [1.165, 1.54) is 7.11 Å². The second-order valence-corrected chi connectivity index (χ2v) is 4.48. The van der Waals surface area contributed by atoms with Crippen LogP contribution in [0.5, 0.6) is 5.75 Å². The van der Waals surface area contributed by atoms with E-state index < -0.39 is 0 Å². The molecule has 6 nitrogen and oxygen atoms in total. The average Bonchev–Trinajstić information content (AvgIpc) is 2.56. The summed E-state index contributed by atoms with van der Waals surface area (Å²) >= 11 is 0. The van der Waals surface area contributed by atoms with Gasteiger partial charge in [0.25, 0.3) is 5.91 Å². The van der Waals surface area contributed by atoms with Crippen LogP contribution in [0.2, 0.25) is 0 Å². The summed E-state index contributed by atoms with van der Waals surface area (Å²) in [5.74, 6) is -0.0335. The third-order valence-electron chi connectivity index (χ3n) is 2.97. The molecule has 0 aliphatic carbocycles. The zero-order valence-corrected chi connectivity index (χ0v) is 12.1. The molecule has 0 spiro atoms. The van der Waals surface area contributed by atoms with E-state index in [0.29, 0.717) is 22.7 Å². The maximum atomic E-state index is 12.3. The molecule has 6 heteroatoms. The van der Waals surface area contributed by atoms with E-state index in [4.69, 9.17) is 10.5 Å². The molecule has 114 valence electrons. The molecular formula is C16H17N3O3. The zero-order chi connectivity index (χ0) is 15.9. The van der Waals surface area contributed by atoms with Gasteiger partial charge in [-0.05, 0) is 30.3 Å². The minimum Gasteiger partial charge on any atom is -0.497 e. The van der Waals surface area contributed by atoms with E-state index in [1.54, 1.807) is 48.5 Å². The second kappa shape index (κ2) is 7.24. The maximum Gasteiger partial charge on any atom is 0.255 e. The van der Waals surface area contributed by atoms with Crippen LogP contribution >= 0.6 is 0 Å². The van der Waals surface area contributed by atoms with Gasteiger partial charge in [-0.1, -0.05) is 18.2 Å². The number of nitrogens with one attached hydrogen (secondary N) is 2. The summed E-state index contributed by atoms with van der Waals surface area (Å²) in [5, 5.41) is 5.39. The van der Waals surface area contributed by atoms with Gasteiger partial charge in [0.05, 0.1) is 25.0 Å². The molecule has 0 atom stereocenters. The monoisotopic (exact) mass is 299 g/mol. The van der Waals surface area contributed by atoms with Crippen molar-refractivity contribution in [2.24, 2.45) is 5.73 Å². The Labute approximate surface area is 128 Å². The number of hydrogen-bond donors (Lipinski definition) is 3. The van der Waals surface area contributed by atoms with Crippen LogP contribution in [0.1, 0.15) is 10.4 Å². The fraction of sp³-hybridized carbons (Fsp3) is 0.125. The normalized spacial score (nSPS) is 9.91. The average molecular weight is 299 g/mol. The van der Waals surface area contributed by atoms with Crippen molar-refractivity contribution in [2.75, 3.05) is 24.3 Å². The van der Waals surface area contributed by atoms with Gasteiger partial charge in [-0.25, -0.2) is 0 Å². The lowest BCUT2D eigenvalue weighted by atomic mass is 10.2. The zero-order valence-electron chi connectivity index (χ0n) is 12.1. The third-order valence-corrected chi connectivity index (χ3v) is 2.97. The fourth-order valence-corrected chi connectivity index (χ4v) is 1.86. The number of benzene rings is 2. The summed E-state index contributed by atoms with van der Waals surface area (Å²) in [6, 6.07) is 13.7. The minimum atomic E-state index is -0.330. The SMILES string of the molecule is COc1cccc(C(=O)Nc2ccccc2NC(=O)CN)c1. The molecule has 0 saturated heterocycles. The Kier molecular flexibility index (Phi) is 5.11. The Morgan fingerprint density at radius 2 is 1.73 bits per heavy atom. The lowest BCUT2D eigenvalue weighted by Gasteiger charge is -2.12. The Balaban J connectivity index is 2.19. The van der Waals surface area contributed by atoms with E-state index in [9.17, 15) is 9.59 Å². The number of carbonyl (C=O) groups is 2. The van der Waals surface area contributed by atoms with Gasteiger partial charge in [0.2, 0.25) is 5.91 Å². The van der Waals surface area contributed by atoms with Gasteiger partial charge >= 0.3 is 0 Å². The molecule has 0 heterocycles. The number of carbonyl (C=O) groups excluding carboxylic acids is 2. The highest BCUT2D eigenvalue weighted by Crippen LogP contribution is 2.22. The molecule has 0 fully saturated rings. The smallest absolute Gasteiger partial charge is 0.255 e. The van der Waals surface area contributed by atoms with Gasteiger partial charge in [-0.2, -0.15) is 0 Å². The maximum absolute atomic E-state index is 12.3. The van der Waals surface area contributed by atoms with Crippen molar-refractivity contribution in [3.05, 3.63) is 54.1 Å². The van der Waals surface area contributed by atoms with Crippen molar-refractivity contribution >= 4 is 23.2 Å². The molecule has 22 heavy (non-hydrogen) atoms. The Hall–Kier alpha value is -2.86. The minimum absolute atomic E-state index is 0.127. The van der Waals surface area contributed by atoms with Crippen molar-refractivity contribution in [1.82, 2.24) is 0 Å². The molecule has 0 aromatic heterocycles. The van der Waals surface area contributed by atoms with Crippen molar-refractivity contribution < 1.29 is 14.3 Å². The molecule has 4 N–H and O–H groups in total. The number of methoxy groups -OCH3 is 1. The Morgan fingerprint density at radius 3 is 2.36 bits per heavy atom. The highest BCUT2D eigenvalue weighted by Gasteiger charge is 2.11. The molecule has 0 radical (unpaired) electrons. The first kappa shape index (κ1) is 15.5. The van der Waals surface area contributed by atoms with Crippen LogP contribution in [0.15, 0.2) is 48.5 Å². The number of nitrogens with two attached hydrogens (primary N) is 1. The number of amides is 2. The number of rotatable bonds is 5. The Bertz CT molecular complexity index is 686. The topological polar surface area (TPSA) is 93.5 Å². The van der Waals surface area contributed by atoms with E-state index in [-0.39, 0.29) is 18.4 Å².